The Morgan fingerprint density at radius 2 is 1.83 bits per heavy atom. The van der Waals surface area contributed by atoms with Crippen LogP contribution in [0.1, 0.15) is 11.6 Å². The van der Waals surface area contributed by atoms with Gasteiger partial charge in [0, 0.05) is 31.0 Å². The van der Waals surface area contributed by atoms with Gasteiger partial charge < -0.3 is 15.0 Å². The van der Waals surface area contributed by atoms with Crippen molar-refractivity contribution < 1.29 is 5.11 Å². The van der Waals surface area contributed by atoms with E-state index < -0.39 is 0 Å². The van der Waals surface area contributed by atoms with Crippen molar-refractivity contribution in [3.05, 3.63) is 66.5 Å². The van der Waals surface area contributed by atoms with Crippen molar-refractivity contribution in [3.8, 4) is 22.5 Å². The molecule has 1 fully saturated rings. The molecule has 0 bridgehead atoms. The highest BCUT2D eigenvalue weighted by Crippen LogP contribution is 2.27. The van der Waals surface area contributed by atoms with Crippen LogP contribution in [0.15, 0.2) is 60.9 Å². The first-order chi connectivity index (χ1) is 11.7. The van der Waals surface area contributed by atoms with Gasteiger partial charge in [0.25, 0.3) is 0 Å². The summed E-state index contributed by atoms with van der Waals surface area (Å²) < 4.78 is 2.08. The second-order valence-electron chi connectivity index (χ2n) is 6.40. The fourth-order valence-corrected chi connectivity index (χ4v) is 3.38. The second-order valence-corrected chi connectivity index (χ2v) is 6.40. The number of rotatable bonds is 3. The van der Waals surface area contributed by atoms with Gasteiger partial charge in [-0.3, -0.25) is 0 Å². The molecule has 1 aliphatic heterocycles. The van der Waals surface area contributed by atoms with Crippen LogP contribution in [0, 0.1) is 6.92 Å². The predicted octanol–water partition coefficient (Wildman–Crippen LogP) is 3.03. The molecule has 2 heterocycles. The third kappa shape index (κ3) is 2.75. The summed E-state index contributed by atoms with van der Waals surface area (Å²) in [7, 11) is 0. The SMILES string of the molecule is Cc1cccc(-c2ccc(-c3nccn3[C@@H]3CNC[C@@H]3O)cc2)c1. The van der Waals surface area contributed by atoms with E-state index in [1.54, 1.807) is 6.20 Å². The van der Waals surface area contributed by atoms with Gasteiger partial charge in [-0.15, -0.1) is 0 Å². The number of hydrogen-bond acceptors (Lipinski definition) is 3. The van der Waals surface area contributed by atoms with E-state index in [4.69, 9.17) is 0 Å². The Kier molecular flexibility index (Phi) is 3.92. The van der Waals surface area contributed by atoms with E-state index in [2.05, 4.69) is 70.3 Å². The number of nitrogens with one attached hydrogen (secondary N) is 1. The van der Waals surface area contributed by atoms with Gasteiger partial charge in [0.15, 0.2) is 0 Å². The van der Waals surface area contributed by atoms with Crippen LogP contribution in [0.25, 0.3) is 22.5 Å². The van der Waals surface area contributed by atoms with Crippen molar-refractivity contribution in [3.63, 3.8) is 0 Å². The van der Waals surface area contributed by atoms with Crippen LogP contribution in [0.2, 0.25) is 0 Å². The van der Waals surface area contributed by atoms with Crippen molar-refractivity contribution in [2.45, 2.75) is 19.1 Å². The maximum atomic E-state index is 10.1. The molecule has 122 valence electrons. The molecule has 2 atom stereocenters. The number of hydrogen-bond donors (Lipinski definition) is 2. The molecule has 3 aromatic rings. The summed E-state index contributed by atoms with van der Waals surface area (Å²) in [6, 6.07) is 17.0. The minimum absolute atomic E-state index is 0.0407. The summed E-state index contributed by atoms with van der Waals surface area (Å²) in [6.07, 6.45) is 3.38. The van der Waals surface area contributed by atoms with Crippen molar-refractivity contribution in [1.29, 1.82) is 0 Å². The minimum Gasteiger partial charge on any atom is -0.390 e. The largest absolute Gasteiger partial charge is 0.390 e. The first kappa shape index (κ1) is 15.1. The van der Waals surface area contributed by atoms with Crippen LogP contribution in [-0.2, 0) is 0 Å². The summed E-state index contributed by atoms with van der Waals surface area (Å²) in [5.74, 6) is 0.901. The number of benzene rings is 2. The number of nitrogens with zero attached hydrogens (tertiary/aromatic N) is 2. The molecule has 2 aromatic carbocycles. The predicted molar refractivity (Wildman–Crippen MR) is 95.7 cm³/mol. The smallest absolute Gasteiger partial charge is 0.140 e. The van der Waals surface area contributed by atoms with Crippen molar-refractivity contribution >= 4 is 0 Å². The Balaban J connectivity index is 1.66. The lowest BCUT2D eigenvalue weighted by Crippen LogP contribution is -2.22. The summed E-state index contributed by atoms with van der Waals surface area (Å²) in [5, 5.41) is 13.4. The number of imidazole rings is 1. The molecule has 0 amide bonds. The van der Waals surface area contributed by atoms with Gasteiger partial charge in [0.1, 0.15) is 5.82 Å². The van der Waals surface area contributed by atoms with Gasteiger partial charge in [-0.05, 0) is 18.1 Å². The molecular weight excluding hydrogens is 298 g/mol. The van der Waals surface area contributed by atoms with E-state index in [9.17, 15) is 5.11 Å². The fourth-order valence-electron chi connectivity index (χ4n) is 3.38. The van der Waals surface area contributed by atoms with E-state index in [1.807, 2.05) is 6.20 Å². The zero-order valence-corrected chi connectivity index (χ0v) is 13.7. The van der Waals surface area contributed by atoms with E-state index in [1.165, 1.54) is 16.7 Å². The van der Waals surface area contributed by atoms with E-state index in [0.29, 0.717) is 6.54 Å². The Morgan fingerprint density at radius 3 is 2.54 bits per heavy atom. The average molecular weight is 319 g/mol. The molecule has 0 radical (unpaired) electrons. The molecule has 4 rings (SSSR count). The Morgan fingerprint density at radius 1 is 1.04 bits per heavy atom. The van der Waals surface area contributed by atoms with E-state index in [-0.39, 0.29) is 12.1 Å². The minimum atomic E-state index is -0.371. The fraction of sp³-hybridized carbons (Fsp3) is 0.250. The summed E-state index contributed by atoms with van der Waals surface area (Å²) >= 11 is 0. The average Bonchev–Trinajstić information content (AvgIpc) is 3.23. The van der Waals surface area contributed by atoms with Crippen LogP contribution >= 0.6 is 0 Å². The molecule has 1 aliphatic rings. The normalized spacial score (nSPS) is 20.4. The highest BCUT2D eigenvalue weighted by atomic mass is 16.3. The quantitative estimate of drug-likeness (QED) is 0.780. The van der Waals surface area contributed by atoms with Crippen molar-refractivity contribution in [2.24, 2.45) is 0 Å². The topological polar surface area (TPSA) is 50.1 Å². The van der Waals surface area contributed by atoms with Crippen LogP contribution in [0.4, 0.5) is 0 Å². The van der Waals surface area contributed by atoms with Crippen LogP contribution in [-0.4, -0.2) is 33.9 Å². The van der Waals surface area contributed by atoms with E-state index in [0.717, 1.165) is 17.9 Å². The third-order valence-corrected chi connectivity index (χ3v) is 4.67. The van der Waals surface area contributed by atoms with Crippen LogP contribution < -0.4 is 5.32 Å². The molecule has 2 N–H and O–H groups in total. The molecule has 1 aromatic heterocycles. The van der Waals surface area contributed by atoms with Gasteiger partial charge >= 0.3 is 0 Å². The van der Waals surface area contributed by atoms with Crippen LogP contribution in [0.5, 0.6) is 0 Å². The molecule has 24 heavy (non-hydrogen) atoms. The van der Waals surface area contributed by atoms with Gasteiger partial charge in [-0.25, -0.2) is 4.98 Å². The summed E-state index contributed by atoms with van der Waals surface area (Å²) in [4.78, 5) is 4.51. The summed E-state index contributed by atoms with van der Waals surface area (Å²) in [6.45, 7) is 3.51. The van der Waals surface area contributed by atoms with Gasteiger partial charge in [0.05, 0.1) is 12.1 Å². The maximum Gasteiger partial charge on any atom is 0.140 e. The Bertz CT molecular complexity index is 838. The van der Waals surface area contributed by atoms with Gasteiger partial charge in [-0.2, -0.15) is 0 Å². The van der Waals surface area contributed by atoms with Crippen LogP contribution in [0.3, 0.4) is 0 Å². The lowest BCUT2D eigenvalue weighted by Gasteiger charge is -2.18. The van der Waals surface area contributed by atoms with Gasteiger partial charge in [-0.1, -0.05) is 54.1 Å². The first-order valence-electron chi connectivity index (χ1n) is 8.31. The summed E-state index contributed by atoms with van der Waals surface area (Å²) in [5.41, 5.74) is 4.74. The number of aliphatic hydroxyl groups is 1. The lowest BCUT2D eigenvalue weighted by molar-refractivity contribution is 0.151. The molecule has 1 saturated heterocycles. The lowest BCUT2D eigenvalue weighted by atomic mass is 10.0. The van der Waals surface area contributed by atoms with E-state index >= 15 is 0 Å². The highest BCUT2D eigenvalue weighted by Gasteiger charge is 2.28. The Labute approximate surface area is 141 Å². The van der Waals surface area contributed by atoms with Gasteiger partial charge in [0.2, 0.25) is 0 Å². The van der Waals surface area contributed by atoms with Crippen molar-refractivity contribution in [2.75, 3.05) is 13.1 Å². The number of β-amino-alcohol motifs (C(OH)–C–C–N with tert-alkyl or cyclic N) is 1. The monoisotopic (exact) mass is 319 g/mol. The standard InChI is InChI=1S/C20H21N3O/c1-14-3-2-4-17(11-14)15-5-7-16(8-6-15)20-22-9-10-23(20)18-12-21-13-19(18)24/h2-11,18-19,21,24H,12-13H2,1H3/t18-,19+/m1/s1. The second kappa shape index (κ2) is 6.23. The first-order valence-corrected chi connectivity index (χ1v) is 8.31. The third-order valence-electron chi connectivity index (χ3n) is 4.67. The molecule has 0 saturated carbocycles. The molecule has 4 heteroatoms. The molecule has 0 unspecified atom stereocenters. The number of aryl methyl sites for hydroxylation is 1. The zero-order valence-electron chi connectivity index (χ0n) is 13.7. The highest BCUT2D eigenvalue weighted by molar-refractivity contribution is 5.68. The number of aliphatic hydroxyl groups excluding tert-OH is 1. The molecular formula is C20H21N3O. The molecule has 0 aliphatic carbocycles. The molecule has 0 spiro atoms. The molecule has 4 nitrogen and oxygen atoms in total. The zero-order chi connectivity index (χ0) is 16.5. The maximum absolute atomic E-state index is 10.1. The number of aromatic nitrogens is 2. The van der Waals surface area contributed by atoms with Crippen molar-refractivity contribution in [1.82, 2.24) is 14.9 Å². The Hall–Kier alpha value is -2.43.